The van der Waals surface area contributed by atoms with Crippen LogP contribution in [0.3, 0.4) is 0 Å². The average molecular weight is 274 g/mol. The highest BCUT2D eigenvalue weighted by molar-refractivity contribution is 5.95. The monoisotopic (exact) mass is 274 g/mol. The number of carbonyl (C=O) groups excluding carboxylic acids is 1. The number of benzene rings is 1. The van der Waals surface area contributed by atoms with E-state index in [0.717, 1.165) is 11.4 Å². The molecule has 2 N–H and O–H groups in total. The first-order valence-corrected chi connectivity index (χ1v) is 7.52. The number of nitrogens with one attached hydrogen (secondary N) is 2. The van der Waals surface area contributed by atoms with Crippen molar-refractivity contribution in [3.8, 4) is 5.75 Å². The van der Waals surface area contributed by atoms with Crippen molar-refractivity contribution < 1.29 is 9.53 Å². The first kappa shape index (κ1) is 13.4. The van der Waals surface area contributed by atoms with Crippen molar-refractivity contribution >= 4 is 11.6 Å². The molecule has 4 heteroatoms. The molecule has 1 unspecified atom stereocenters. The first-order valence-electron chi connectivity index (χ1n) is 7.52. The molecule has 1 heterocycles. The lowest BCUT2D eigenvalue weighted by molar-refractivity contribution is -0.118. The highest BCUT2D eigenvalue weighted by Crippen LogP contribution is 2.37. The summed E-state index contributed by atoms with van der Waals surface area (Å²) in [5.41, 5.74) is 2.04. The lowest BCUT2D eigenvalue weighted by Gasteiger charge is -2.31. The molecule has 1 aliphatic carbocycles. The summed E-state index contributed by atoms with van der Waals surface area (Å²) < 4.78 is 5.42. The zero-order chi connectivity index (χ0) is 13.9. The predicted octanol–water partition coefficient (Wildman–Crippen LogP) is 2.86. The number of fused-ring (bicyclic) bond motifs is 1. The fourth-order valence-electron chi connectivity index (χ4n) is 3.44. The molecule has 0 aromatic heterocycles. The molecule has 1 atom stereocenters. The van der Waals surface area contributed by atoms with E-state index in [9.17, 15) is 4.79 Å². The third-order valence-corrected chi connectivity index (χ3v) is 4.43. The van der Waals surface area contributed by atoms with E-state index in [4.69, 9.17) is 4.74 Å². The number of amides is 1. The van der Waals surface area contributed by atoms with Gasteiger partial charge in [-0.05, 0) is 43.5 Å². The van der Waals surface area contributed by atoms with Gasteiger partial charge in [-0.3, -0.25) is 4.79 Å². The maximum atomic E-state index is 11.4. The van der Waals surface area contributed by atoms with Gasteiger partial charge in [0.2, 0.25) is 0 Å². The van der Waals surface area contributed by atoms with E-state index in [1.165, 1.54) is 37.7 Å². The zero-order valence-corrected chi connectivity index (χ0v) is 11.9. The molecule has 0 radical (unpaired) electrons. The van der Waals surface area contributed by atoms with Gasteiger partial charge in [0.15, 0.2) is 6.61 Å². The van der Waals surface area contributed by atoms with E-state index < -0.39 is 0 Å². The van der Waals surface area contributed by atoms with Gasteiger partial charge in [0.25, 0.3) is 5.91 Å². The minimum atomic E-state index is -0.0756. The molecule has 0 saturated heterocycles. The lowest BCUT2D eigenvalue weighted by Crippen LogP contribution is -2.28. The second-order valence-electron chi connectivity index (χ2n) is 5.76. The van der Waals surface area contributed by atoms with Crippen LogP contribution in [-0.4, -0.2) is 19.6 Å². The second-order valence-corrected chi connectivity index (χ2v) is 5.76. The Balaban J connectivity index is 1.84. The van der Waals surface area contributed by atoms with E-state index >= 15 is 0 Å². The van der Waals surface area contributed by atoms with Crippen molar-refractivity contribution in [3.63, 3.8) is 0 Å². The highest BCUT2D eigenvalue weighted by Gasteiger charge is 2.25. The van der Waals surface area contributed by atoms with Crippen LogP contribution in [0.25, 0.3) is 0 Å². The summed E-state index contributed by atoms with van der Waals surface area (Å²) in [6, 6.07) is 6.50. The van der Waals surface area contributed by atoms with Crippen molar-refractivity contribution in [1.82, 2.24) is 5.32 Å². The van der Waals surface area contributed by atoms with Gasteiger partial charge in [-0.15, -0.1) is 0 Å². The molecular weight excluding hydrogens is 252 g/mol. The molecule has 0 bridgehead atoms. The molecule has 4 nitrogen and oxygen atoms in total. The Morgan fingerprint density at radius 3 is 2.85 bits per heavy atom. The first-order chi connectivity index (χ1) is 9.78. The van der Waals surface area contributed by atoms with Crippen LogP contribution in [0, 0.1) is 5.92 Å². The van der Waals surface area contributed by atoms with E-state index in [-0.39, 0.29) is 12.5 Å². The van der Waals surface area contributed by atoms with E-state index in [1.54, 1.807) is 0 Å². The van der Waals surface area contributed by atoms with Gasteiger partial charge in [-0.1, -0.05) is 25.3 Å². The molecular formula is C16H22N2O2. The summed E-state index contributed by atoms with van der Waals surface area (Å²) >= 11 is 0. The van der Waals surface area contributed by atoms with Gasteiger partial charge >= 0.3 is 0 Å². The standard InChI is InChI=1S/C16H22N2O2/c1-17-16(11-5-3-2-4-6-11)12-7-8-14-13(9-12)18-15(19)10-20-14/h7-9,11,16-17H,2-6,10H2,1H3,(H,18,19). The Morgan fingerprint density at radius 2 is 2.10 bits per heavy atom. The van der Waals surface area contributed by atoms with Crippen molar-refractivity contribution in [2.75, 3.05) is 19.0 Å². The topological polar surface area (TPSA) is 50.4 Å². The van der Waals surface area contributed by atoms with Gasteiger partial charge in [-0.2, -0.15) is 0 Å². The Kier molecular flexibility index (Phi) is 3.92. The molecule has 1 saturated carbocycles. The van der Waals surface area contributed by atoms with Gasteiger partial charge in [-0.25, -0.2) is 0 Å². The van der Waals surface area contributed by atoms with Gasteiger partial charge in [0, 0.05) is 6.04 Å². The van der Waals surface area contributed by atoms with Crippen molar-refractivity contribution in [2.24, 2.45) is 5.92 Å². The Morgan fingerprint density at radius 1 is 1.30 bits per heavy atom. The van der Waals surface area contributed by atoms with E-state index in [0.29, 0.717) is 12.0 Å². The number of hydrogen-bond donors (Lipinski definition) is 2. The van der Waals surface area contributed by atoms with Gasteiger partial charge in [0.05, 0.1) is 5.69 Å². The quantitative estimate of drug-likeness (QED) is 0.891. The van der Waals surface area contributed by atoms with Crippen LogP contribution in [0.15, 0.2) is 18.2 Å². The molecule has 1 fully saturated rings. The van der Waals surface area contributed by atoms with Crippen LogP contribution in [0.5, 0.6) is 5.75 Å². The van der Waals surface area contributed by atoms with Crippen LogP contribution in [0.4, 0.5) is 5.69 Å². The molecule has 2 aliphatic rings. The van der Waals surface area contributed by atoms with Crippen LogP contribution < -0.4 is 15.4 Å². The minimum Gasteiger partial charge on any atom is -0.482 e. The summed E-state index contributed by atoms with van der Waals surface area (Å²) in [4.78, 5) is 11.4. The minimum absolute atomic E-state index is 0.0756. The van der Waals surface area contributed by atoms with Gasteiger partial charge < -0.3 is 15.4 Å². The van der Waals surface area contributed by atoms with E-state index in [2.05, 4.69) is 22.8 Å². The van der Waals surface area contributed by atoms with Crippen LogP contribution in [0.1, 0.15) is 43.7 Å². The maximum absolute atomic E-state index is 11.4. The smallest absolute Gasteiger partial charge is 0.262 e. The number of ether oxygens (including phenoxy) is 1. The third kappa shape index (κ3) is 2.66. The highest BCUT2D eigenvalue weighted by atomic mass is 16.5. The Hall–Kier alpha value is -1.55. The third-order valence-electron chi connectivity index (χ3n) is 4.43. The van der Waals surface area contributed by atoms with Gasteiger partial charge in [0.1, 0.15) is 5.75 Å². The molecule has 108 valence electrons. The van der Waals surface area contributed by atoms with Crippen molar-refractivity contribution in [1.29, 1.82) is 0 Å². The molecule has 0 spiro atoms. The summed E-state index contributed by atoms with van der Waals surface area (Å²) in [6.07, 6.45) is 6.58. The number of carbonyl (C=O) groups is 1. The number of rotatable bonds is 3. The molecule has 3 rings (SSSR count). The maximum Gasteiger partial charge on any atom is 0.262 e. The summed E-state index contributed by atoms with van der Waals surface area (Å²) in [6.45, 7) is 0.116. The molecule has 1 amide bonds. The largest absolute Gasteiger partial charge is 0.482 e. The van der Waals surface area contributed by atoms with Crippen molar-refractivity contribution in [3.05, 3.63) is 23.8 Å². The molecule has 1 aromatic carbocycles. The molecule has 1 aliphatic heterocycles. The summed E-state index contributed by atoms with van der Waals surface area (Å²) in [5, 5.41) is 6.34. The van der Waals surface area contributed by atoms with Crippen LogP contribution >= 0.6 is 0 Å². The molecule has 20 heavy (non-hydrogen) atoms. The fraction of sp³-hybridized carbons (Fsp3) is 0.562. The Labute approximate surface area is 119 Å². The molecule has 1 aromatic rings. The SMILES string of the molecule is CNC(c1ccc2c(c1)NC(=O)CO2)C1CCCCC1. The summed E-state index contributed by atoms with van der Waals surface area (Å²) in [5.74, 6) is 1.38. The van der Waals surface area contributed by atoms with Crippen LogP contribution in [0.2, 0.25) is 0 Å². The lowest BCUT2D eigenvalue weighted by atomic mass is 9.81. The Bertz CT molecular complexity index is 495. The second kappa shape index (κ2) is 5.83. The average Bonchev–Trinajstić information content (AvgIpc) is 2.49. The summed E-state index contributed by atoms with van der Waals surface area (Å²) in [7, 11) is 2.02. The van der Waals surface area contributed by atoms with E-state index in [1.807, 2.05) is 13.1 Å². The zero-order valence-electron chi connectivity index (χ0n) is 11.9. The fourth-order valence-corrected chi connectivity index (χ4v) is 3.44. The van der Waals surface area contributed by atoms with Crippen molar-refractivity contribution in [2.45, 2.75) is 38.1 Å². The predicted molar refractivity (Wildman–Crippen MR) is 78.9 cm³/mol. The number of anilines is 1. The van der Waals surface area contributed by atoms with Crippen LogP contribution in [-0.2, 0) is 4.79 Å². The number of hydrogen-bond acceptors (Lipinski definition) is 3. The normalized spacial score (nSPS) is 20.8.